The third-order valence-electron chi connectivity index (χ3n) is 5.29. The molecule has 1 unspecified atom stereocenters. The summed E-state index contributed by atoms with van der Waals surface area (Å²) in [5.41, 5.74) is 1.68. The number of nitriles is 1. The summed E-state index contributed by atoms with van der Waals surface area (Å²) in [6, 6.07) is 8.89. The van der Waals surface area contributed by atoms with Gasteiger partial charge in [-0.1, -0.05) is 38.4 Å². The zero-order chi connectivity index (χ0) is 25.3. The molecule has 182 valence electrons. The Morgan fingerprint density at radius 1 is 1.21 bits per heavy atom. The minimum atomic E-state index is -2.94. The molecule has 1 fully saturated rings. The zero-order valence-corrected chi connectivity index (χ0v) is 21.1. The minimum Gasteiger partial charge on any atom is -0.213 e. The number of benzene rings is 2. The lowest BCUT2D eigenvalue weighted by atomic mass is 9.96. The van der Waals surface area contributed by atoms with Gasteiger partial charge in [-0.15, -0.1) is 0 Å². The first-order valence-corrected chi connectivity index (χ1v) is 12.8. The fourth-order valence-corrected chi connectivity index (χ4v) is 4.35. The van der Waals surface area contributed by atoms with Crippen molar-refractivity contribution in [1.29, 1.82) is 5.26 Å². The summed E-state index contributed by atoms with van der Waals surface area (Å²) in [5, 5.41) is 9.00. The van der Waals surface area contributed by atoms with E-state index in [0.717, 1.165) is 24.6 Å². The lowest BCUT2D eigenvalue weighted by molar-refractivity contribution is 0.390. The van der Waals surface area contributed by atoms with Crippen LogP contribution in [0.5, 0.6) is 0 Å². The summed E-state index contributed by atoms with van der Waals surface area (Å²) in [6.07, 6.45) is 2.60. The van der Waals surface area contributed by atoms with Crippen molar-refractivity contribution in [3.05, 3.63) is 69.5 Å². The summed E-state index contributed by atoms with van der Waals surface area (Å²) < 4.78 is 61.3. The topological polar surface area (TPSA) is 61.2 Å². The quantitative estimate of drug-likeness (QED) is 0.476. The Labute approximate surface area is 200 Å². The lowest BCUT2D eigenvalue weighted by Crippen LogP contribution is -2.28. The molecule has 2 aromatic rings. The van der Waals surface area contributed by atoms with Gasteiger partial charge >= 0.3 is 0 Å². The van der Waals surface area contributed by atoms with Crippen molar-refractivity contribution in [2.45, 2.75) is 40.5 Å². The smallest absolute Gasteiger partial charge is 0.211 e. The number of rotatable bonds is 3. The Morgan fingerprint density at radius 2 is 1.85 bits per heavy atom. The normalized spacial score (nSPS) is 15.8. The van der Waals surface area contributed by atoms with Crippen molar-refractivity contribution in [3.63, 3.8) is 0 Å². The van der Waals surface area contributed by atoms with Crippen LogP contribution in [-0.2, 0) is 16.4 Å². The number of hydrogen-bond acceptors (Lipinski definition) is 3. The molecule has 1 atom stereocenters. The van der Waals surface area contributed by atoms with Crippen LogP contribution in [0.1, 0.15) is 43.9 Å². The summed E-state index contributed by atoms with van der Waals surface area (Å²) >= 11 is 5.71. The van der Waals surface area contributed by atoms with Gasteiger partial charge in [0.15, 0.2) is 11.6 Å². The number of sulfonamides is 1. The summed E-state index contributed by atoms with van der Waals surface area (Å²) in [6.45, 7) is 9.30. The van der Waals surface area contributed by atoms with Gasteiger partial charge in [0.1, 0.15) is 11.9 Å². The highest BCUT2D eigenvalue weighted by Gasteiger charge is 2.29. The van der Waals surface area contributed by atoms with E-state index in [1.165, 1.54) is 6.26 Å². The van der Waals surface area contributed by atoms with Crippen molar-refractivity contribution in [2.75, 3.05) is 19.3 Å². The number of nitrogens with zero attached hydrogens (tertiary/aromatic N) is 2. The van der Waals surface area contributed by atoms with Gasteiger partial charge in [0, 0.05) is 19.2 Å². The van der Waals surface area contributed by atoms with E-state index >= 15 is 0 Å². The third kappa shape index (κ3) is 9.36. The van der Waals surface area contributed by atoms with Crippen molar-refractivity contribution in [1.82, 2.24) is 4.31 Å². The molecule has 1 aliphatic rings. The van der Waals surface area contributed by atoms with E-state index in [-0.39, 0.29) is 5.56 Å². The molecule has 0 bridgehead atoms. The maximum absolute atomic E-state index is 12.6. The van der Waals surface area contributed by atoms with Gasteiger partial charge in [0.2, 0.25) is 10.0 Å². The Bertz CT molecular complexity index is 1090. The molecule has 0 saturated carbocycles. The molecule has 4 nitrogen and oxygen atoms in total. The Balaban J connectivity index is 0.000000249. The minimum absolute atomic E-state index is 0.0718. The highest BCUT2D eigenvalue weighted by Crippen LogP contribution is 2.25. The van der Waals surface area contributed by atoms with Crippen molar-refractivity contribution in [3.8, 4) is 6.07 Å². The molecule has 33 heavy (non-hydrogen) atoms. The molecule has 0 aliphatic carbocycles. The predicted molar refractivity (Wildman–Crippen MR) is 126 cm³/mol. The predicted octanol–water partition coefficient (Wildman–Crippen LogP) is 6.11. The molecule has 3 rings (SSSR count). The molecule has 0 radical (unpaired) electrons. The van der Waals surface area contributed by atoms with E-state index in [9.17, 15) is 21.6 Å². The monoisotopic (exact) mass is 502 g/mol. The Kier molecular flexibility index (Phi) is 11.4. The van der Waals surface area contributed by atoms with Crippen LogP contribution in [0, 0.1) is 47.5 Å². The van der Waals surface area contributed by atoms with Crippen LogP contribution in [0.25, 0.3) is 0 Å². The molecule has 0 spiro atoms. The van der Waals surface area contributed by atoms with Crippen LogP contribution in [0.3, 0.4) is 0 Å². The van der Waals surface area contributed by atoms with Gasteiger partial charge in [0.05, 0.1) is 16.8 Å². The number of aryl methyl sites for hydroxylation is 2. The first-order chi connectivity index (χ1) is 15.3. The maximum Gasteiger partial charge on any atom is 0.211 e. The molecular formula is C24H30ClF3N2O2S. The SMILES string of the molecule is CC(C)C1CCN(S(C)(=O)=O)C1.CCc1cc(F)cc(F)c1F.Cc1ccc(C#N)c(Cl)c1. The fraction of sp³-hybridized carbons (Fsp3) is 0.458. The maximum atomic E-state index is 12.6. The van der Waals surface area contributed by atoms with E-state index < -0.39 is 27.5 Å². The molecule has 0 N–H and O–H groups in total. The molecule has 1 heterocycles. The number of halogens is 4. The average molecular weight is 503 g/mol. The van der Waals surface area contributed by atoms with Crippen LogP contribution in [0.15, 0.2) is 30.3 Å². The molecule has 1 aliphatic heterocycles. The van der Waals surface area contributed by atoms with E-state index in [4.69, 9.17) is 16.9 Å². The van der Waals surface area contributed by atoms with Crippen molar-refractivity contribution >= 4 is 21.6 Å². The lowest BCUT2D eigenvalue weighted by Gasteiger charge is -2.15. The van der Waals surface area contributed by atoms with E-state index in [2.05, 4.69) is 13.8 Å². The van der Waals surface area contributed by atoms with Gasteiger partial charge in [-0.3, -0.25) is 0 Å². The van der Waals surface area contributed by atoms with Gasteiger partial charge in [-0.2, -0.15) is 5.26 Å². The summed E-state index contributed by atoms with van der Waals surface area (Å²) in [7, 11) is -2.94. The molecule has 0 aromatic heterocycles. The molecule has 9 heteroatoms. The van der Waals surface area contributed by atoms with E-state index in [1.54, 1.807) is 23.4 Å². The molecular weight excluding hydrogens is 473 g/mol. The van der Waals surface area contributed by atoms with Gasteiger partial charge in [0.25, 0.3) is 0 Å². The second kappa shape index (κ2) is 13.0. The van der Waals surface area contributed by atoms with Crippen LogP contribution in [0.2, 0.25) is 5.02 Å². The van der Waals surface area contributed by atoms with E-state index in [0.29, 0.717) is 41.5 Å². The van der Waals surface area contributed by atoms with Crippen LogP contribution in [0.4, 0.5) is 13.2 Å². The highest BCUT2D eigenvalue weighted by atomic mass is 35.5. The molecule has 0 amide bonds. The first-order valence-electron chi connectivity index (χ1n) is 10.5. The first kappa shape index (κ1) is 29.0. The summed E-state index contributed by atoms with van der Waals surface area (Å²) in [5.74, 6) is -1.66. The Morgan fingerprint density at radius 3 is 2.27 bits per heavy atom. The van der Waals surface area contributed by atoms with Crippen LogP contribution < -0.4 is 0 Å². The zero-order valence-electron chi connectivity index (χ0n) is 19.5. The van der Waals surface area contributed by atoms with Gasteiger partial charge in [-0.25, -0.2) is 25.9 Å². The fourth-order valence-electron chi connectivity index (χ4n) is 3.18. The van der Waals surface area contributed by atoms with E-state index in [1.807, 2.05) is 19.1 Å². The van der Waals surface area contributed by atoms with Crippen molar-refractivity contribution < 1.29 is 21.6 Å². The van der Waals surface area contributed by atoms with Crippen LogP contribution in [-0.4, -0.2) is 32.1 Å². The third-order valence-corrected chi connectivity index (χ3v) is 6.88. The standard InChI is InChI=1S/C8H6ClN.C8H7F3.C8H17NO2S/c1-6-2-3-7(5-10)8(9)4-6;1-2-5-3-6(9)4-7(10)8(5)11;1-7(2)8-4-5-9(6-8)12(3,10)11/h2-4H,1H3;3-4H,2H2,1H3;7-8H,4-6H2,1-3H3. The Hall–Kier alpha value is -2.08. The second-order valence-corrected chi connectivity index (χ2v) is 10.6. The largest absolute Gasteiger partial charge is 0.213 e. The second-order valence-electron chi connectivity index (χ2n) is 8.22. The molecule has 2 aromatic carbocycles. The van der Waals surface area contributed by atoms with Gasteiger partial charge < -0.3 is 0 Å². The van der Waals surface area contributed by atoms with Crippen molar-refractivity contribution in [2.24, 2.45) is 11.8 Å². The van der Waals surface area contributed by atoms with Gasteiger partial charge in [-0.05, 0) is 60.9 Å². The molecule has 1 saturated heterocycles. The highest BCUT2D eigenvalue weighted by molar-refractivity contribution is 7.88. The van der Waals surface area contributed by atoms with Crippen LogP contribution >= 0.6 is 11.6 Å². The summed E-state index contributed by atoms with van der Waals surface area (Å²) in [4.78, 5) is 0. The average Bonchev–Trinajstić information content (AvgIpc) is 3.23. The number of hydrogen-bond donors (Lipinski definition) is 0.